The van der Waals surface area contributed by atoms with Crippen molar-refractivity contribution in [1.29, 1.82) is 0 Å². The number of rotatable bonds is 3. The molecule has 0 amide bonds. The van der Waals surface area contributed by atoms with Gasteiger partial charge in [0.25, 0.3) is 5.56 Å². The Kier molecular flexibility index (Phi) is 3.06. The van der Waals surface area contributed by atoms with E-state index < -0.39 is 5.97 Å². The first-order valence-electron chi connectivity index (χ1n) is 4.91. The molecule has 0 radical (unpaired) electrons. The highest BCUT2D eigenvalue weighted by atomic mass is 32.1. The minimum absolute atomic E-state index is 0.0953. The number of aromatic carboxylic acids is 1. The largest absolute Gasteiger partial charge is 0.478 e. The average Bonchev–Trinajstić information content (AvgIpc) is 2.67. The molecule has 0 saturated heterocycles. The normalized spacial score (nSPS) is 10.4. The smallest absolute Gasteiger partial charge is 0.337 e. The fourth-order valence-corrected chi connectivity index (χ4v) is 2.19. The zero-order valence-corrected chi connectivity index (χ0v) is 9.90. The van der Waals surface area contributed by atoms with Crippen LogP contribution in [0.3, 0.4) is 0 Å². The molecule has 17 heavy (non-hydrogen) atoms. The minimum atomic E-state index is -1.05. The van der Waals surface area contributed by atoms with Crippen LogP contribution in [0.4, 0.5) is 0 Å². The third-order valence-corrected chi connectivity index (χ3v) is 3.10. The lowest BCUT2D eigenvalue weighted by molar-refractivity contribution is 0.0696. The van der Waals surface area contributed by atoms with Crippen molar-refractivity contribution >= 4 is 17.3 Å². The van der Waals surface area contributed by atoms with Gasteiger partial charge in [-0.2, -0.15) is 0 Å². The molecule has 2 aromatic rings. The summed E-state index contributed by atoms with van der Waals surface area (Å²) in [6, 6.07) is 2.55. The molecule has 0 bridgehead atoms. The molecule has 6 heteroatoms. The molecule has 0 atom stereocenters. The van der Waals surface area contributed by atoms with Crippen LogP contribution in [-0.2, 0) is 6.54 Å². The molecule has 2 aromatic heterocycles. The molecular weight excluding hydrogens is 240 g/mol. The van der Waals surface area contributed by atoms with E-state index in [-0.39, 0.29) is 11.1 Å². The Balaban J connectivity index is 2.35. The predicted octanol–water partition coefficient (Wildman–Crippen LogP) is 1.36. The van der Waals surface area contributed by atoms with E-state index in [9.17, 15) is 9.59 Å². The van der Waals surface area contributed by atoms with Crippen molar-refractivity contribution in [3.05, 3.63) is 50.3 Å². The molecule has 0 aromatic carbocycles. The van der Waals surface area contributed by atoms with Crippen LogP contribution >= 0.6 is 11.3 Å². The lowest BCUT2D eigenvalue weighted by atomic mass is 10.3. The van der Waals surface area contributed by atoms with Crippen molar-refractivity contribution in [2.45, 2.75) is 13.5 Å². The Morgan fingerprint density at radius 2 is 2.29 bits per heavy atom. The van der Waals surface area contributed by atoms with Crippen molar-refractivity contribution < 1.29 is 9.90 Å². The maximum Gasteiger partial charge on any atom is 0.337 e. The highest BCUT2D eigenvalue weighted by Crippen LogP contribution is 2.12. The first kappa shape index (κ1) is 11.5. The van der Waals surface area contributed by atoms with Crippen LogP contribution in [0.1, 0.15) is 20.2 Å². The number of aromatic nitrogens is 2. The van der Waals surface area contributed by atoms with Gasteiger partial charge in [-0.05, 0) is 13.0 Å². The third kappa shape index (κ3) is 2.59. The van der Waals surface area contributed by atoms with Crippen LogP contribution in [-0.4, -0.2) is 20.6 Å². The molecule has 2 heterocycles. The highest BCUT2D eigenvalue weighted by Gasteiger charge is 2.07. The third-order valence-electron chi connectivity index (χ3n) is 2.21. The second-order valence-electron chi connectivity index (χ2n) is 3.55. The van der Waals surface area contributed by atoms with Gasteiger partial charge in [0.2, 0.25) is 0 Å². The number of hydrogen-bond acceptors (Lipinski definition) is 4. The van der Waals surface area contributed by atoms with E-state index in [0.29, 0.717) is 6.54 Å². The van der Waals surface area contributed by atoms with Crippen molar-refractivity contribution in [2.75, 3.05) is 0 Å². The SMILES string of the molecule is Cc1cnc(Cn2cc(C(=O)O)ccc2=O)s1. The minimum Gasteiger partial charge on any atom is -0.478 e. The summed E-state index contributed by atoms with van der Waals surface area (Å²) in [5, 5.41) is 9.63. The van der Waals surface area contributed by atoms with Crippen molar-refractivity contribution in [2.24, 2.45) is 0 Å². The first-order valence-corrected chi connectivity index (χ1v) is 5.73. The Bertz CT molecular complexity index is 615. The molecule has 5 nitrogen and oxygen atoms in total. The van der Waals surface area contributed by atoms with Gasteiger partial charge in [0.15, 0.2) is 0 Å². The summed E-state index contributed by atoms with van der Waals surface area (Å²) < 4.78 is 1.35. The Hall–Kier alpha value is -1.95. The van der Waals surface area contributed by atoms with Crippen LogP contribution in [0.5, 0.6) is 0 Å². The summed E-state index contributed by atoms with van der Waals surface area (Å²) in [5.74, 6) is -1.05. The van der Waals surface area contributed by atoms with Crippen LogP contribution in [0.25, 0.3) is 0 Å². The van der Waals surface area contributed by atoms with Crippen LogP contribution in [0.2, 0.25) is 0 Å². The molecular formula is C11H10N2O3S. The Morgan fingerprint density at radius 3 is 2.88 bits per heavy atom. The van der Waals surface area contributed by atoms with Gasteiger partial charge in [-0.3, -0.25) is 4.79 Å². The van der Waals surface area contributed by atoms with Gasteiger partial charge < -0.3 is 9.67 Å². The lowest BCUT2D eigenvalue weighted by Gasteiger charge is -2.03. The second kappa shape index (κ2) is 4.50. The van der Waals surface area contributed by atoms with Gasteiger partial charge in [-0.15, -0.1) is 11.3 Å². The number of carboxylic acid groups (broad SMARTS) is 1. The van der Waals surface area contributed by atoms with Gasteiger partial charge in [0.05, 0.1) is 12.1 Å². The summed E-state index contributed by atoms with van der Waals surface area (Å²) in [4.78, 5) is 27.5. The van der Waals surface area contributed by atoms with Crippen molar-refractivity contribution in [3.63, 3.8) is 0 Å². The maximum atomic E-state index is 11.6. The van der Waals surface area contributed by atoms with Gasteiger partial charge in [-0.1, -0.05) is 0 Å². The Labute approximate surface area is 101 Å². The molecule has 2 rings (SSSR count). The Morgan fingerprint density at radius 1 is 1.53 bits per heavy atom. The van der Waals surface area contributed by atoms with E-state index in [0.717, 1.165) is 9.88 Å². The molecule has 0 saturated carbocycles. The van der Waals surface area contributed by atoms with E-state index in [1.54, 1.807) is 6.20 Å². The number of thiazole rings is 1. The molecule has 0 fully saturated rings. The predicted molar refractivity (Wildman–Crippen MR) is 63.6 cm³/mol. The van der Waals surface area contributed by atoms with E-state index in [1.165, 1.54) is 34.2 Å². The fourth-order valence-electron chi connectivity index (χ4n) is 1.40. The molecule has 88 valence electrons. The number of pyridine rings is 1. The van der Waals surface area contributed by atoms with Crippen molar-refractivity contribution in [3.8, 4) is 0 Å². The molecule has 0 aliphatic carbocycles. The zero-order chi connectivity index (χ0) is 12.4. The first-order chi connectivity index (χ1) is 8.06. The van der Waals surface area contributed by atoms with Crippen molar-refractivity contribution in [1.82, 2.24) is 9.55 Å². The quantitative estimate of drug-likeness (QED) is 0.892. The van der Waals surface area contributed by atoms with Gasteiger partial charge >= 0.3 is 5.97 Å². The number of nitrogens with zero attached hydrogens (tertiary/aromatic N) is 2. The molecule has 0 spiro atoms. The number of hydrogen-bond donors (Lipinski definition) is 1. The summed E-state index contributed by atoms with van der Waals surface area (Å²) in [7, 11) is 0. The van der Waals surface area contributed by atoms with E-state index >= 15 is 0 Å². The summed E-state index contributed by atoms with van der Waals surface area (Å²) >= 11 is 1.49. The number of aryl methyl sites for hydroxylation is 1. The monoisotopic (exact) mass is 250 g/mol. The van der Waals surface area contributed by atoms with Crippen LogP contribution < -0.4 is 5.56 Å². The highest BCUT2D eigenvalue weighted by molar-refractivity contribution is 7.11. The molecule has 0 aliphatic rings. The van der Waals surface area contributed by atoms with E-state index in [2.05, 4.69) is 4.98 Å². The summed E-state index contributed by atoms with van der Waals surface area (Å²) in [6.45, 7) is 2.23. The standard InChI is InChI=1S/C11H10N2O3S/c1-7-4-12-9(17-7)6-13-5-8(11(15)16)2-3-10(13)14/h2-5H,6H2,1H3,(H,15,16). The summed E-state index contributed by atoms with van der Waals surface area (Å²) in [5.41, 5.74) is -0.138. The zero-order valence-electron chi connectivity index (χ0n) is 9.08. The second-order valence-corrected chi connectivity index (χ2v) is 4.87. The number of carbonyl (C=O) groups is 1. The van der Waals surface area contributed by atoms with E-state index in [4.69, 9.17) is 5.11 Å². The van der Waals surface area contributed by atoms with Gasteiger partial charge in [0, 0.05) is 23.3 Å². The molecule has 0 unspecified atom stereocenters. The van der Waals surface area contributed by atoms with Crippen LogP contribution in [0.15, 0.2) is 29.3 Å². The van der Waals surface area contributed by atoms with Gasteiger partial charge in [-0.25, -0.2) is 9.78 Å². The maximum absolute atomic E-state index is 11.6. The molecule has 0 aliphatic heterocycles. The average molecular weight is 250 g/mol. The van der Waals surface area contributed by atoms with E-state index in [1.807, 2.05) is 6.92 Å². The fraction of sp³-hybridized carbons (Fsp3) is 0.182. The lowest BCUT2D eigenvalue weighted by Crippen LogP contribution is -2.20. The van der Waals surface area contributed by atoms with Crippen LogP contribution in [0, 0.1) is 6.92 Å². The molecule has 1 N–H and O–H groups in total. The topological polar surface area (TPSA) is 72.2 Å². The number of carboxylic acids is 1. The van der Waals surface area contributed by atoms with Gasteiger partial charge in [0.1, 0.15) is 5.01 Å². The summed E-state index contributed by atoms with van der Waals surface area (Å²) in [6.07, 6.45) is 3.06.